The summed E-state index contributed by atoms with van der Waals surface area (Å²) >= 11 is 5.99. The van der Waals surface area contributed by atoms with Crippen molar-refractivity contribution in [3.63, 3.8) is 0 Å². The van der Waals surface area contributed by atoms with Gasteiger partial charge in [0.1, 0.15) is 16.5 Å². The molecule has 6 nitrogen and oxygen atoms in total. The second-order valence-corrected chi connectivity index (χ2v) is 6.17. The van der Waals surface area contributed by atoms with Crippen molar-refractivity contribution < 1.29 is 13.2 Å². The summed E-state index contributed by atoms with van der Waals surface area (Å²) in [5, 5.41) is 3.09. The molecule has 1 aromatic carbocycles. The molecule has 0 aliphatic carbocycles. The van der Waals surface area contributed by atoms with Gasteiger partial charge in [0.2, 0.25) is 0 Å². The molecule has 0 aliphatic heterocycles. The molecule has 2 aromatic rings. The summed E-state index contributed by atoms with van der Waals surface area (Å²) in [5.41, 5.74) is 0.244. The highest BCUT2D eigenvalue weighted by Gasteiger charge is 2.16. The molecule has 0 radical (unpaired) electrons. The average molecular weight is 328 g/mol. The van der Waals surface area contributed by atoms with Crippen LogP contribution in [0.1, 0.15) is 0 Å². The van der Waals surface area contributed by atoms with Gasteiger partial charge in [0, 0.05) is 19.3 Å². The monoisotopic (exact) mass is 327 g/mol. The van der Waals surface area contributed by atoms with Crippen LogP contribution in [-0.2, 0) is 10.0 Å². The van der Waals surface area contributed by atoms with Crippen molar-refractivity contribution in [3.05, 3.63) is 41.6 Å². The molecule has 0 amide bonds. The minimum absolute atomic E-state index is 0.0420. The maximum atomic E-state index is 12.3. The zero-order valence-corrected chi connectivity index (χ0v) is 13.0. The summed E-state index contributed by atoms with van der Waals surface area (Å²) in [5.74, 6) is 1.08. The molecule has 0 spiro atoms. The summed E-state index contributed by atoms with van der Waals surface area (Å²) in [6.45, 7) is 0. The van der Waals surface area contributed by atoms with Crippen molar-refractivity contribution in [1.29, 1.82) is 0 Å². The smallest absolute Gasteiger partial charge is 0.263 e. The molecule has 0 aliphatic rings. The Bertz CT molecular complexity index is 733. The van der Waals surface area contributed by atoms with Crippen molar-refractivity contribution in [3.8, 4) is 5.75 Å². The van der Waals surface area contributed by atoms with Gasteiger partial charge < -0.3 is 10.1 Å². The van der Waals surface area contributed by atoms with Crippen LogP contribution in [0.15, 0.2) is 41.4 Å². The number of sulfonamides is 1. The van der Waals surface area contributed by atoms with Gasteiger partial charge in [0.15, 0.2) is 0 Å². The largest absolute Gasteiger partial charge is 0.497 e. The third-order valence-electron chi connectivity index (χ3n) is 2.72. The number of rotatable bonds is 5. The van der Waals surface area contributed by atoms with Gasteiger partial charge in [-0.25, -0.2) is 13.4 Å². The van der Waals surface area contributed by atoms with Gasteiger partial charge in [-0.15, -0.1) is 0 Å². The quantitative estimate of drug-likeness (QED) is 0.882. The zero-order chi connectivity index (χ0) is 15.5. The molecule has 0 saturated carbocycles. The Morgan fingerprint density at radius 3 is 2.57 bits per heavy atom. The summed E-state index contributed by atoms with van der Waals surface area (Å²) in [6, 6.07) is 7.73. The minimum atomic E-state index is -3.77. The molecule has 1 heterocycles. The highest BCUT2D eigenvalue weighted by atomic mass is 35.5. The number of ether oxygens (including phenoxy) is 1. The Labute approximate surface area is 128 Å². The lowest BCUT2D eigenvalue weighted by atomic mass is 10.3. The van der Waals surface area contributed by atoms with E-state index in [0.717, 1.165) is 0 Å². The van der Waals surface area contributed by atoms with E-state index in [0.29, 0.717) is 11.6 Å². The van der Waals surface area contributed by atoms with E-state index in [1.54, 1.807) is 25.2 Å². The standard InChI is InChI=1S/C13H14ClN3O3S/c1-15-13-6-4-10(8-16-13)21(18,19)17-12-7-9(20-2)3-5-11(12)14/h3-8,17H,1-2H3,(H,15,16). The Kier molecular flexibility index (Phi) is 4.54. The van der Waals surface area contributed by atoms with Crippen LogP contribution in [0.2, 0.25) is 5.02 Å². The number of nitrogens with one attached hydrogen (secondary N) is 2. The molecular weight excluding hydrogens is 314 g/mol. The first-order valence-corrected chi connectivity index (χ1v) is 7.82. The number of hydrogen-bond donors (Lipinski definition) is 2. The van der Waals surface area contributed by atoms with Crippen LogP contribution in [0.3, 0.4) is 0 Å². The number of hydrogen-bond acceptors (Lipinski definition) is 5. The highest BCUT2D eigenvalue weighted by molar-refractivity contribution is 7.92. The normalized spacial score (nSPS) is 11.0. The van der Waals surface area contributed by atoms with Crippen molar-refractivity contribution in [2.75, 3.05) is 24.2 Å². The van der Waals surface area contributed by atoms with Gasteiger partial charge in [-0.05, 0) is 24.3 Å². The zero-order valence-electron chi connectivity index (χ0n) is 11.4. The Morgan fingerprint density at radius 2 is 2.00 bits per heavy atom. The van der Waals surface area contributed by atoms with E-state index in [-0.39, 0.29) is 15.6 Å². The van der Waals surface area contributed by atoms with Crippen LogP contribution in [0.4, 0.5) is 11.5 Å². The number of halogens is 1. The maximum Gasteiger partial charge on any atom is 0.263 e. The number of aromatic nitrogens is 1. The molecule has 8 heteroatoms. The molecule has 0 saturated heterocycles. The molecule has 0 bridgehead atoms. The maximum absolute atomic E-state index is 12.3. The van der Waals surface area contributed by atoms with E-state index >= 15 is 0 Å². The average Bonchev–Trinajstić information content (AvgIpc) is 2.49. The second-order valence-electron chi connectivity index (χ2n) is 4.08. The van der Waals surface area contributed by atoms with Crippen LogP contribution >= 0.6 is 11.6 Å². The fourth-order valence-corrected chi connectivity index (χ4v) is 2.84. The van der Waals surface area contributed by atoms with Gasteiger partial charge in [-0.1, -0.05) is 11.6 Å². The van der Waals surface area contributed by atoms with Gasteiger partial charge in [-0.3, -0.25) is 4.72 Å². The van der Waals surface area contributed by atoms with Crippen molar-refractivity contribution >= 4 is 33.1 Å². The van der Waals surface area contributed by atoms with Gasteiger partial charge in [0.05, 0.1) is 17.8 Å². The number of benzene rings is 1. The lowest BCUT2D eigenvalue weighted by Crippen LogP contribution is -2.13. The Morgan fingerprint density at radius 1 is 1.24 bits per heavy atom. The third-order valence-corrected chi connectivity index (χ3v) is 4.40. The van der Waals surface area contributed by atoms with Gasteiger partial charge in [0.25, 0.3) is 10.0 Å². The SMILES string of the molecule is CNc1ccc(S(=O)(=O)Nc2cc(OC)ccc2Cl)cn1. The summed E-state index contributed by atoms with van der Waals surface area (Å²) in [4.78, 5) is 4.02. The highest BCUT2D eigenvalue weighted by Crippen LogP contribution is 2.28. The summed E-state index contributed by atoms with van der Waals surface area (Å²) < 4.78 is 32.0. The van der Waals surface area contributed by atoms with Crippen LogP contribution in [-0.4, -0.2) is 27.6 Å². The Balaban J connectivity index is 2.32. The van der Waals surface area contributed by atoms with Crippen LogP contribution in [0.5, 0.6) is 5.75 Å². The lowest BCUT2D eigenvalue weighted by molar-refractivity contribution is 0.415. The first kappa shape index (κ1) is 15.4. The number of pyridine rings is 1. The third kappa shape index (κ3) is 3.56. The van der Waals surface area contributed by atoms with Crippen molar-refractivity contribution in [1.82, 2.24) is 4.98 Å². The first-order chi connectivity index (χ1) is 9.96. The minimum Gasteiger partial charge on any atom is -0.497 e. The molecule has 0 unspecified atom stereocenters. The molecule has 1 aromatic heterocycles. The summed E-state index contributed by atoms with van der Waals surface area (Å²) in [7, 11) is -0.579. The van der Waals surface area contributed by atoms with E-state index in [9.17, 15) is 8.42 Å². The predicted molar refractivity (Wildman–Crippen MR) is 82.6 cm³/mol. The molecule has 21 heavy (non-hydrogen) atoms. The van der Waals surface area contributed by atoms with Crippen molar-refractivity contribution in [2.24, 2.45) is 0 Å². The van der Waals surface area contributed by atoms with Crippen LogP contribution in [0.25, 0.3) is 0 Å². The number of nitrogens with zero attached hydrogens (tertiary/aromatic N) is 1. The lowest BCUT2D eigenvalue weighted by Gasteiger charge is -2.11. The van der Waals surface area contributed by atoms with Crippen LogP contribution < -0.4 is 14.8 Å². The van der Waals surface area contributed by atoms with Crippen LogP contribution in [0, 0.1) is 0 Å². The Hall–Kier alpha value is -1.99. The van der Waals surface area contributed by atoms with Gasteiger partial charge >= 0.3 is 0 Å². The molecule has 2 N–H and O–H groups in total. The predicted octanol–water partition coefficient (Wildman–Crippen LogP) is 2.59. The summed E-state index contributed by atoms with van der Waals surface area (Å²) in [6.07, 6.45) is 1.27. The molecule has 2 rings (SSSR count). The molecular formula is C13H14ClN3O3S. The number of anilines is 2. The van der Waals surface area contributed by atoms with Gasteiger partial charge in [-0.2, -0.15) is 0 Å². The fraction of sp³-hybridized carbons (Fsp3) is 0.154. The molecule has 0 atom stereocenters. The fourth-order valence-electron chi connectivity index (χ4n) is 1.60. The van der Waals surface area contributed by atoms with E-state index < -0.39 is 10.0 Å². The molecule has 112 valence electrons. The van der Waals surface area contributed by atoms with E-state index in [2.05, 4.69) is 15.0 Å². The van der Waals surface area contributed by atoms with Crippen molar-refractivity contribution in [2.45, 2.75) is 4.90 Å². The van der Waals surface area contributed by atoms with E-state index in [1.165, 1.54) is 25.4 Å². The van der Waals surface area contributed by atoms with E-state index in [4.69, 9.17) is 16.3 Å². The number of methoxy groups -OCH3 is 1. The first-order valence-electron chi connectivity index (χ1n) is 5.96. The topological polar surface area (TPSA) is 80.3 Å². The second kappa shape index (κ2) is 6.19. The van der Waals surface area contributed by atoms with E-state index in [1.807, 2.05) is 0 Å². The molecule has 0 fully saturated rings.